The molecule has 1 aromatic carbocycles. The van der Waals surface area contributed by atoms with E-state index in [1.807, 2.05) is 32.0 Å². The zero-order valence-corrected chi connectivity index (χ0v) is 17.0. The molecule has 6 nitrogen and oxygen atoms in total. The summed E-state index contributed by atoms with van der Waals surface area (Å²) in [5.41, 5.74) is 2.99. The summed E-state index contributed by atoms with van der Waals surface area (Å²) < 4.78 is 1.54. The van der Waals surface area contributed by atoms with Gasteiger partial charge in [0.05, 0.1) is 5.75 Å². The Morgan fingerprint density at radius 2 is 1.93 bits per heavy atom. The fraction of sp³-hybridized carbons (Fsp3) is 0.550. The topological polar surface area (TPSA) is 85.8 Å². The van der Waals surface area contributed by atoms with E-state index < -0.39 is 0 Å². The van der Waals surface area contributed by atoms with Gasteiger partial charge in [0, 0.05) is 12.1 Å². The third kappa shape index (κ3) is 5.25. The van der Waals surface area contributed by atoms with Gasteiger partial charge in [0.25, 0.3) is 0 Å². The molecule has 1 aliphatic carbocycles. The normalized spacial score (nSPS) is 15.0. The minimum Gasteiger partial charge on any atom is -0.336 e. The zero-order valence-electron chi connectivity index (χ0n) is 16.2. The highest BCUT2D eigenvalue weighted by molar-refractivity contribution is 7.99. The molecule has 0 bridgehead atoms. The first kappa shape index (κ1) is 19.7. The standard InChI is InChI=1S/C20H29N5OS/c1-14-7-6-8-15(2)19(14)22-18(26)13-27-20-24-23-17(25(20)21)12-11-16-9-4-3-5-10-16/h6-8,16H,3-5,9-13,21H2,1-2H3,(H,22,26). The van der Waals surface area contributed by atoms with Gasteiger partial charge in [-0.25, -0.2) is 4.68 Å². The Balaban J connectivity index is 1.50. The first-order chi connectivity index (χ1) is 13.0. The monoisotopic (exact) mass is 387 g/mol. The van der Waals surface area contributed by atoms with Crippen molar-refractivity contribution in [1.29, 1.82) is 0 Å². The van der Waals surface area contributed by atoms with Gasteiger partial charge in [-0.3, -0.25) is 4.79 Å². The van der Waals surface area contributed by atoms with Gasteiger partial charge in [-0.15, -0.1) is 10.2 Å². The van der Waals surface area contributed by atoms with Crippen molar-refractivity contribution in [2.75, 3.05) is 16.9 Å². The molecule has 1 aliphatic rings. The Hall–Kier alpha value is -2.02. The molecule has 0 saturated heterocycles. The van der Waals surface area contributed by atoms with Crippen molar-refractivity contribution in [2.24, 2.45) is 5.92 Å². The molecular formula is C20H29N5OS. The second kappa shape index (κ2) is 9.26. The number of rotatable bonds is 7. The lowest BCUT2D eigenvalue weighted by Gasteiger charge is -2.20. The molecule has 146 valence electrons. The van der Waals surface area contributed by atoms with E-state index in [0.29, 0.717) is 5.16 Å². The third-order valence-electron chi connectivity index (χ3n) is 5.31. The smallest absolute Gasteiger partial charge is 0.234 e. The number of anilines is 1. The summed E-state index contributed by atoms with van der Waals surface area (Å²) in [6.07, 6.45) is 8.66. The second-order valence-corrected chi connectivity index (χ2v) is 8.36. The van der Waals surface area contributed by atoms with Crippen molar-refractivity contribution in [3.8, 4) is 0 Å². The van der Waals surface area contributed by atoms with Gasteiger partial charge in [0.1, 0.15) is 0 Å². The molecule has 3 N–H and O–H groups in total. The highest BCUT2D eigenvalue weighted by Gasteiger charge is 2.17. The Morgan fingerprint density at radius 1 is 1.22 bits per heavy atom. The van der Waals surface area contributed by atoms with Gasteiger partial charge < -0.3 is 11.2 Å². The minimum atomic E-state index is -0.0656. The molecule has 0 radical (unpaired) electrons. The number of benzene rings is 1. The summed E-state index contributed by atoms with van der Waals surface area (Å²) in [5, 5.41) is 12.0. The van der Waals surface area contributed by atoms with Crippen LogP contribution in [0.1, 0.15) is 55.5 Å². The molecule has 2 aromatic rings. The van der Waals surface area contributed by atoms with Crippen LogP contribution in [0.15, 0.2) is 23.4 Å². The number of nitrogens with one attached hydrogen (secondary N) is 1. The number of carbonyl (C=O) groups excluding carboxylic acids is 1. The van der Waals surface area contributed by atoms with Crippen molar-refractivity contribution in [3.63, 3.8) is 0 Å². The molecule has 27 heavy (non-hydrogen) atoms. The summed E-state index contributed by atoms with van der Waals surface area (Å²) in [4.78, 5) is 12.3. The van der Waals surface area contributed by atoms with Crippen LogP contribution in [0.3, 0.4) is 0 Å². The number of nitrogens with two attached hydrogens (primary N) is 1. The lowest BCUT2D eigenvalue weighted by Crippen LogP contribution is -2.18. The van der Waals surface area contributed by atoms with Gasteiger partial charge in [-0.1, -0.05) is 62.1 Å². The number of hydrogen-bond donors (Lipinski definition) is 2. The Bertz CT molecular complexity index is 762. The van der Waals surface area contributed by atoms with Crippen LogP contribution in [0.5, 0.6) is 0 Å². The van der Waals surface area contributed by atoms with E-state index in [4.69, 9.17) is 5.84 Å². The third-order valence-corrected chi connectivity index (χ3v) is 6.26. The van der Waals surface area contributed by atoms with Crippen LogP contribution in [-0.4, -0.2) is 26.5 Å². The zero-order chi connectivity index (χ0) is 19.2. The fourth-order valence-corrected chi connectivity index (χ4v) is 4.38. The first-order valence-corrected chi connectivity index (χ1v) is 10.7. The van der Waals surface area contributed by atoms with Crippen LogP contribution in [0.25, 0.3) is 0 Å². The summed E-state index contributed by atoms with van der Waals surface area (Å²) in [6.45, 7) is 3.98. The average molecular weight is 388 g/mol. The van der Waals surface area contributed by atoms with Crippen LogP contribution in [-0.2, 0) is 11.2 Å². The SMILES string of the molecule is Cc1cccc(C)c1NC(=O)CSc1nnc(CCC2CCCCC2)n1N. The maximum atomic E-state index is 12.3. The van der Waals surface area contributed by atoms with E-state index in [1.165, 1.54) is 43.9 Å². The quantitative estimate of drug-likeness (QED) is 0.557. The predicted octanol–water partition coefficient (Wildman–Crippen LogP) is 3.85. The Morgan fingerprint density at radius 3 is 2.63 bits per heavy atom. The van der Waals surface area contributed by atoms with E-state index in [0.717, 1.165) is 41.4 Å². The van der Waals surface area contributed by atoms with Crippen molar-refractivity contribution >= 4 is 23.4 Å². The summed E-state index contributed by atoms with van der Waals surface area (Å²) >= 11 is 1.32. The summed E-state index contributed by atoms with van der Waals surface area (Å²) in [6, 6.07) is 5.97. The van der Waals surface area contributed by atoms with Gasteiger partial charge in [-0.2, -0.15) is 0 Å². The maximum Gasteiger partial charge on any atom is 0.234 e. The molecule has 1 aromatic heterocycles. The first-order valence-electron chi connectivity index (χ1n) is 9.73. The number of hydrogen-bond acceptors (Lipinski definition) is 5. The molecule has 7 heteroatoms. The number of aromatic nitrogens is 3. The molecule has 1 heterocycles. The van der Waals surface area contributed by atoms with Crippen LogP contribution < -0.4 is 11.2 Å². The number of aryl methyl sites for hydroxylation is 3. The fourth-order valence-electron chi connectivity index (χ4n) is 3.70. The van der Waals surface area contributed by atoms with Crippen LogP contribution in [0, 0.1) is 19.8 Å². The molecule has 1 fully saturated rings. The average Bonchev–Trinajstić information content (AvgIpc) is 3.02. The summed E-state index contributed by atoms with van der Waals surface area (Å²) in [5.74, 6) is 7.93. The largest absolute Gasteiger partial charge is 0.336 e. The van der Waals surface area contributed by atoms with Crippen molar-refractivity contribution in [1.82, 2.24) is 14.9 Å². The number of para-hydroxylation sites is 1. The van der Waals surface area contributed by atoms with Gasteiger partial charge in [0.2, 0.25) is 11.1 Å². The number of nitrogens with zero attached hydrogens (tertiary/aromatic N) is 3. The highest BCUT2D eigenvalue weighted by Crippen LogP contribution is 2.27. The van der Waals surface area contributed by atoms with Crippen LogP contribution in [0.2, 0.25) is 0 Å². The lowest BCUT2D eigenvalue weighted by atomic mass is 9.86. The molecule has 1 saturated carbocycles. The van der Waals surface area contributed by atoms with Crippen molar-refractivity contribution in [2.45, 2.75) is 63.9 Å². The lowest BCUT2D eigenvalue weighted by molar-refractivity contribution is -0.113. The molecule has 3 rings (SSSR count). The van der Waals surface area contributed by atoms with E-state index in [2.05, 4.69) is 15.5 Å². The van der Waals surface area contributed by atoms with Gasteiger partial charge in [-0.05, 0) is 37.3 Å². The number of amides is 1. The van der Waals surface area contributed by atoms with Crippen molar-refractivity contribution < 1.29 is 4.79 Å². The van der Waals surface area contributed by atoms with Gasteiger partial charge in [0.15, 0.2) is 5.82 Å². The highest BCUT2D eigenvalue weighted by atomic mass is 32.2. The number of thioether (sulfide) groups is 1. The molecule has 1 amide bonds. The molecule has 0 aliphatic heterocycles. The predicted molar refractivity (Wildman–Crippen MR) is 110 cm³/mol. The maximum absolute atomic E-state index is 12.3. The van der Waals surface area contributed by atoms with E-state index in [1.54, 1.807) is 4.68 Å². The van der Waals surface area contributed by atoms with Crippen molar-refractivity contribution in [3.05, 3.63) is 35.2 Å². The molecule has 0 unspecified atom stereocenters. The van der Waals surface area contributed by atoms with E-state index in [-0.39, 0.29) is 11.7 Å². The molecule has 0 atom stereocenters. The van der Waals surface area contributed by atoms with E-state index in [9.17, 15) is 4.79 Å². The number of carbonyl (C=O) groups is 1. The molecular weight excluding hydrogens is 358 g/mol. The minimum absolute atomic E-state index is 0.0656. The second-order valence-electron chi connectivity index (χ2n) is 7.42. The molecule has 0 spiro atoms. The van der Waals surface area contributed by atoms with Gasteiger partial charge >= 0.3 is 0 Å². The summed E-state index contributed by atoms with van der Waals surface area (Å²) in [7, 11) is 0. The Kier molecular flexibility index (Phi) is 6.77. The van der Waals surface area contributed by atoms with Crippen LogP contribution in [0.4, 0.5) is 5.69 Å². The number of nitrogen functional groups attached to an aromatic ring is 1. The Labute approximate surface area is 165 Å². The van der Waals surface area contributed by atoms with Crippen LogP contribution >= 0.6 is 11.8 Å². The van der Waals surface area contributed by atoms with E-state index >= 15 is 0 Å².